The van der Waals surface area contributed by atoms with Crippen molar-refractivity contribution in [2.24, 2.45) is 5.73 Å². The van der Waals surface area contributed by atoms with Crippen molar-refractivity contribution in [3.63, 3.8) is 0 Å². The monoisotopic (exact) mass is 402 g/mol. The second-order valence-electron chi connectivity index (χ2n) is 7.96. The third kappa shape index (κ3) is 3.49. The molecule has 30 heavy (non-hydrogen) atoms. The van der Waals surface area contributed by atoms with Gasteiger partial charge in [0, 0.05) is 43.5 Å². The topological polar surface area (TPSA) is 62.5 Å². The number of primary amides is 1. The molecule has 5 rings (SSSR count). The van der Waals surface area contributed by atoms with Gasteiger partial charge in [-0.2, -0.15) is 0 Å². The van der Waals surface area contributed by atoms with Gasteiger partial charge in [0.1, 0.15) is 11.5 Å². The van der Waals surface area contributed by atoms with Gasteiger partial charge in [-0.1, -0.05) is 24.3 Å². The summed E-state index contributed by atoms with van der Waals surface area (Å²) in [7, 11) is 0. The molecule has 0 radical (unpaired) electrons. The van der Waals surface area contributed by atoms with Crippen molar-refractivity contribution >= 4 is 16.8 Å². The predicted octanol–water partition coefficient (Wildman–Crippen LogP) is 3.89. The van der Waals surface area contributed by atoms with Gasteiger partial charge in [0.25, 0.3) is 5.91 Å². The number of nitrogens with two attached hydrogens (primary N) is 1. The highest BCUT2D eigenvalue weighted by molar-refractivity contribution is 6.00. The Morgan fingerprint density at radius 3 is 2.70 bits per heavy atom. The molecular weight excluding hydrogens is 379 g/mol. The van der Waals surface area contributed by atoms with E-state index in [2.05, 4.69) is 27.1 Å². The number of aromatic nitrogens is 1. The van der Waals surface area contributed by atoms with Crippen LogP contribution in [0.15, 0.2) is 60.4 Å². The number of allylic oxidation sites excluding steroid dienone is 1. The molecule has 2 N–H and O–H groups in total. The molecule has 0 aliphatic carbocycles. The second-order valence-corrected chi connectivity index (χ2v) is 7.96. The number of benzene rings is 2. The molecule has 6 heteroatoms. The first kappa shape index (κ1) is 18.6. The molecule has 0 saturated carbocycles. The Labute approximate surface area is 174 Å². The van der Waals surface area contributed by atoms with Gasteiger partial charge in [0.05, 0.1) is 5.52 Å². The Hall–Kier alpha value is -3.41. The number of halogens is 1. The van der Waals surface area contributed by atoms with Crippen LogP contribution in [-0.4, -0.2) is 40.3 Å². The van der Waals surface area contributed by atoms with Crippen LogP contribution in [-0.2, 0) is 6.54 Å². The summed E-state index contributed by atoms with van der Waals surface area (Å²) in [5.41, 5.74) is 10.7. The van der Waals surface area contributed by atoms with E-state index in [4.69, 9.17) is 5.73 Å². The zero-order valence-electron chi connectivity index (χ0n) is 16.6. The highest BCUT2D eigenvalue weighted by Crippen LogP contribution is 2.30. The van der Waals surface area contributed by atoms with E-state index in [1.807, 2.05) is 12.1 Å². The Kier molecular flexibility index (Phi) is 4.62. The molecule has 2 aromatic carbocycles. The van der Waals surface area contributed by atoms with Gasteiger partial charge >= 0.3 is 0 Å². The summed E-state index contributed by atoms with van der Waals surface area (Å²) in [6.45, 7) is 4.03. The van der Waals surface area contributed by atoms with E-state index in [1.165, 1.54) is 30.8 Å². The van der Waals surface area contributed by atoms with E-state index in [9.17, 15) is 9.18 Å². The molecule has 0 bridgehead atoms. The summed E-state index contributed by atoms with van der Waals surface area (Å²) in [4.78, 5) is 21.2. The van der Waals surface area contributed by atoms with Gasteiger partial charge in [-0.15, -0.1) is 0 Å². The van der Waals surface area contributed by atoms with Crippen molar-refractivity contribution in [2.75, 3.05) is 19.6 Å². The lowest BCUT2D eigenvalue weighted by Gasteiger charge is -2.32. The molecule has 0 unspecified atom stereocenters. The summed E-state index contributed by atoms with van der Waals surface area (Å²) in [5, 5.41) is 0.911. The van der Waals surface area contributed by atoms with Crippen molar-refractivity contribution in [1.82, 2.24) is 14.8 Å². The average Bonchev–Trinajstić information content (AvgIpc) is 3.21. The van der Waals surface area contributed by atoms with Gasteiger partial charge in [0.15, 0.2) is 0 Å². The molecule has 5 nitrogen and oxygen atoms in total. The number of carbonyl (C=O) groups is 1. The Balaban J connectivity index is 1.53. The lowest BCUT2D eigenvalue weighted by Crippen LogP contribution is -2.35. The van der Waals surface area contributed by atoms with Crippen LogP contribution in [0, 0.1) is 5.82 Å². The number of fused-ring (bicyclic) bond motifs is 2. The molecule has 0 spiro atoms. The quantitative estimate of drug-likeness (QED) is 0.719. The van der Waals surface area contributed by atoms with Crippen LogP contribution in [0.1, 0.15) is 28.9 Å². The van der Waals surface area contributed by atoms with Crippen molar-refractivity contribution in [3.05, 3.63) is 77.5 Å². The van der Waals surface area contributed by atoms with Crippen LogP contribution < -0.4 is 5.73 Å². The van der Waals surface area contributed by atoms with Crippen molar-refractivity contribution in [2.45, 2.75) is 19.4 Å². The van der Waals surface area contributed by atoms with Gasteiger partial charge in [-0.25, -0.2) is 9.37 Å². The minimum absolute atomic E-state index is 0.209. The molecule has 2 aliphatic rings. The third-order valence-electron chi connectivity index (χ3n) is 5.92. The maximum Gasteiger partial charge on any atom is 0.267 e. The van der Waals surface area contributed by atoms with Crippen molar-refractivity contribution < 1.29 is 9.18 Å². The summed E-state index contributed by atoms with van der Waals surface area (Å²) in [5.74, 6) is -0.876. The number of nitrogens with zero attached hydrogens (tertiary/aromatic N) is 3. The molecule has 3 aromatic rings. The summed E-state index contributed by atoms with van der Waals surface area (Å²) >= 11 is 0. The highest BCUT2D eigenvalue weighted by Gasteiger charge is 2.22. The smallest absolute Gasteiger partial charge is 0.267 e. The first-order chi connectivity index (χ1) is 14.6. The van der Waals surface area contributed by atoms with E-state index in [-0.39, 0.29) is 11.5 Å². The number of pyridine rings is 1. The Morgan fingerprint density at radius 1 is 1.07 bits per heavy atom. The lowest BCUT2D eigenvalue weighted by atomic mass is 9.98. The molecular formula is C24H23FN4O. The van der Waals surface area contributed by atoms with Crippen molar-refractivity contribution in [3.8, 4) is 11.1 Å². The van der Waals surface area contributed by atoms with Crippen LogP contribution in [0.5, 0.6) is 0 Å². The number of amides is 1. The predicted molar refractivity (Wildman–Crippen MR) is 115 cm³/mol. The van der Waals surface area contributed by atoms with Gasteiger partial charge in [-0.3, -0.25) is 4.79 Å². The summed E-state index contributed by atoms with van der Waals surface area (Å²) < 4.78 is 13.4. The van der Waals surface area contributed by atoms with Gasteiger partial charge in [-0.05, 0) is 53.8 Å². The second kappa shape index (κ2) is 7.44. The Morgan fingerprint density at radius 2 is 1.90 bits per heavy atom. The van der Waals surface area contributed by atoms with E-state index in [0.717, 1.165) is 53.6 Å². The molecule has 1 aromatic heterocycles. The fourth-order valence-electron chi connectivity index (χ4n) is 4.40. The first-order valence-electron chi connectivity index (χ1n) is 10.3. The lowest BCUT2D eigenvalue weighted by molar-refractivity contribution is 0.0996. The molecule has 2 aliphatic heterocycles. The Bertz CT molecular complexity index is 1160. The zero-order chi connectivity index (χ0) is 20.7. The average molecular weight is 402 g/mol. The van der Waals surface area contributed by atoms with E-state index < -0.39 is 5.91 Å². The number of carbonyl (C=O) groups excluding carboxylic acids is 1. The van der Waals surface area contributed by atoms with E-state index in [0.29, 0.717) is 0 Å². The van der Waals surface area contributed by atoms with Crippen LogP contribution >= 0.6 is 0 Å². The fourth-order valence-corrected chi connectivity index (χ4v) is 4.40. The van der Waals surface area contributed by atoms with Gasteiger partial charge < -0.3 is 15.5 Å². The van der Waals surface area contributed by atoms with Crippen LogP contribution in [0.3, 0.4) is 0 Å². The largest absolute Gasteiger partial charge is 0.372 e. The van der Waals surface area contributed by atoms with Crippen molar-refractivity contribution in [1.29, 1.82) is 0 Å². The molecule has 152 valence electrons. The SMILES string of the molecule is NC(=O)c1cc(-c2ccc(F)cc2)c2ccc(CN3C=C4CCCN4CC3)cc2n1. The molecule has 3 heterocycles. The minimum Gasteiger partial charge on any atom is -0.372 e. The molecule has 1 amide bonds. The van der Waals surface area contributed by atoms with Crippen LogP contribution in [0.25, 0.3) is 22.0 Å². The standard InChI is InChI=1S/C24H23FN4O/c25-18-6-4-17(5-7-18)21-13-23(24(26)30)27-22-12-16(3-8-20(21)22)14-28-10-11-29-9-1-2-19(29)15-28/h3-8,12-13,15H,1-2,9-11,14H2,(H2,26,30). The highest BCUT2D eigenvalue weighted by atomic mass is 19.1. The van der Waals surface area contributed by atoms with Crippen LogP contribution in [0.2, 0.25) is 0 Å². The first-order valence-corrected chi connectivity index (χ1v) is 10.3. The third-order valence-corrected chi connectivity index (χ3v) is 5.92. The van der Waals surface area contributed by atoms with Gasteiger partial charge in [0.2, 0.25) is 0 Å². The van der Waals surface area contributed by atoms with E-state index in [1.54, 1.807) is 18.2 Å². The number of hydrogen-bond acceptors (Lipinski definition) is 4. The number of rotatable bonds is 4. The fraction of sp³-hybridized carbons (Fsp3) is 0.250. The molecule has 1 fully saturated rings. The molecule has 1 saturated heterocycles. The minimum atomic E-state index is -0.576. The maximum absolute atomic E-state index is 13.4. The maximum atomic E-state index is 13.4. The van der Waals surface area contributed by atoms with E-state index >= 15 is 0 Å². The summed E-state index contributed by atoms with van der Waals surface area (Å²) in [6.07, 6.45) is 4.66. The molecule has 0 atom stereocenters. The normalized spacial score (nSPS) is 16.0. The summed E-state index contributed by atoms with van der Waals surface area (Å²) in [6, 6.07) is 14.1. The number of hydrogen-bond donors (Lipinski definition) is 1. The zero-order valence-corrected chi connectivity index (χ0v) is 16.6. The van der Waals surface area contributed by atoms with Crippen LogP contribution in [0.4, 0.5) is 4.39 Å².